The quantitative estimate of drug-likeness (QED) is 0.687. The molecule has 76 valence electrons. The third kappa shape index (κ3) is 3.79. The Morgan fingerprint density at radius 1 is 1.62 bits per heavy atom. The Labute approximate surface area is 79.8 Å². The SMILES string of the molecule is CC(C)NCC(O)C1=COCCC1. The van der Waals surface area contributed by atoms with Crippen molar-refractivity contribution in [1.82, 2.24) is 5.32 Å². The van der Waals surface area contributed by atoms with E-state index in [4.69, 9.17) is 4.74 Å². The Balaban J connectivity index is 2.29. The molecule has 1 atom stereocenters. The van der Waals surface area contributed by atoms with E-state index >= 15 is 0 Å². The summed E-state index contributed by atoms with van der Waals surface area (Å²) in [5.74, 6) is 0. The lowest BCUT2D eigenvalue weighted by molar-refractivity contribution is 0.165. The maximum atomic E-state index is 9.71. The number of aliphatic hydroxyl groups is 1. The van der Waals surface area contributed by atoms with Crippen molar-refractivity contribution in [3.8, 4) is 0 Å². The zero-order valence-corrected chi connectivity index (χ0v) is 8.42. The normalized spacial score (nSPS) is 19.5. The fourth-order valence-corrected chi connectivity index (χ4v) is 1.31. The molecule has 3 nitrogen and oxygen atoms in total. The van der Waals surface area contributed by atoms with E-state index in [1.54, 1.807) is 6.26 Å². The summed E-state index contributed by atoms with van der Waals surface area (Å²) in [7, 11) is 0. The number of hydrogen-bond donors (Lipinski definition) is 2. The van der Waals surface area contributed by atoms with E-state index in [1.165, 1.54) is 0 Å². The molecule has 0 aromatic heterocycles. The van der Waals surface area contributed by atoms with Crippen molar-refractivity contribution in [3.63, 3.8) is 0 Å². The van der Waals surface area contributed by atoms with Crippen LogP contribution in [0, 0.1) is 0 Å². The van der Waals surface area contributed by atoms with E-state index in [2.05, 4.69) is 19.2 Å². The summed E-state index contributed by atoms with van der Waals surface area (Å²) in [6.45, 7) is 5.54. The first kappa shape index (κ1) is 10.5. The van der Waals surface area contributed by atoms with E-state index < -0.39 is 0 Å². The highest BCUT2D eigenvalue weighted by molar-refractivity contribution is 5.07. The summed E-state index contributed by atoms with van der Waals surface area (Å²) >= 11 is 0. The van der Waals surface area contributed by atoms with Crippen LogP contribution in [-0.2, 0) is 4.74 Å². The molecule has 1 rings (SSSR count). The minimum absolute atomic E-state index is 0.386. The second-order valence-corrected chi connectivity index (χ2v) is 3.75. The lowest BCUT2D eigenvalue weighted by Crippen LogP contribution is -2.33. The molecule has 0 saturated heterocycles. The summed E-state index contributed by atoms with van der Waals surface area (Å²) < 4.78 is 5.16. The van der Waals surface area contributed by atoms with Gasteiger partial charge < -0.3 is 15.2 Å². The molecule has 1 heterocycles. The topological polar surface area (TPSA) is 41.5 Å². The fourth-order valence-electron chi connectivity index (χ4n) is 1.31. The van der Waals surface area contributed by atoms with Crippen molar-refractivity contribution in [1.29, 1.82) is 0 Å². The molecule has 0 aromatic rings. The molecule has 13 heavy (non-hydrogen) atoms. The molecule has 0 radical (unpaired) electrons. The van der Waals surface area contributed by atoms with Gasteiger partial charge in [-0.2, -0.15) is 0 Å². The number of nitrogens with one attached hydrogen (secondary N) is 1. The van der Waals surface area contributed by atoms with Gasteiger partial charge in [0.05, 0.1) is 19.0 Å². The minimum atomic E-state index is -0.386. The molecule has 0 aliphatic carbocycles. The van der Waals surface area contributed by atoms with Gasteiger partial charge in [-0.15, -0.1) is 0 Å². The third-order valence-corrected chi connectivity index (χ3v) is 2.11. The van der Waals surface area contributed by atoms with Crippen LogP contribution in [-0.4, -0.2) is 30.4 Å². The van der Waals surface area contributed by atoms with Crippen LogP contribution in [0.1, 0.15) is 26.7 Å². The second kappa shape index (κ2) is 5.25. The van der Waals surface area contributed by atoms with Crippen molar-refractivity contribution in [3.05, 3.63) is 11.8 Å². The van der Waals surface area contributed by atoms with E-state index in [0.29, 0.717) is 12.6 Å². The van der Waals surface area contributed by atoms with Crippen LogP contribution >= 0.6 is 0 Å². The Morgan fingerprint density at radius 2 is 2.38 bits per heavy atom. The molecule has 0 fully saturated rings. The molecular weight excluding hydrogens is 166 g/mol. The first-order valence-electron chi connectivity index (χ1n) is 4.92. The summed E-state index contributed by atoms with van der Waals surface area (Å²) in [4.78, 5) is 0. The molecule has 1 unspecified atom stereocenters. The van der Waals surface area contributed by atoms with Gasteiger partial charge in [-0.1, -0.05) is 13.8 Å². The highest BCUT2D eigenvalue weighted by Gasteiger charge is 2.13. The molecule has 0 spiro atoms. The Kier molecular flexibility index (Phi) is 4.25. The number of hydrogen-bond acceptors (Lipinski definition) is 3. The number of ether oxygens (including phenoxy) is 1. The predicted molar refractivity (Wildman–Crippen MR) is 52.4 cm³/mol. The minimum Gasteiger partial charge on any atom is -0.501 e. The third-order valence-electron chi connectivity index (χ3n) is 2.11. The molecule has 1 aliphatic rings. The maximum Gasteiger partial charge on any atom is 0.0906 e. The Bertz CT molecular complexity index is 178. The molecule has 2 N–H and O–H groups in total. The highest BCUT2D eigenvalue weighted by atomic mass is 16.5. The van der Waals surface area contributed by atoms with Gasteiger partial charge >= 0.3 is 0 Å². The number of aliphatic hydroxyl groups excluding tert-OH is 1. The summed E-state index contributed by atoms with van der Waals surface area (Å²) in [5.41, 5.74) is 1.01. The molecule has 0 saturated carbocycles. The van der Waals surface area contributed by atoms with E-state index in [9.17, 15) is 5.11 Å². The maximum absolute atomic E-state index is 9.71. The van der Waals surface area contributed by atoms with E-state index in [0.717, 1.165) is 25.0 Å². The van der Waals surface area contributed by atoms with Crippen molar-refractivity contribution >= 4 is 0 Å². The molecule has 0 amide bonds. The largest absolute Gasteiger partial charge is 0.501 e. The molecule has 0 bridgehead atoms. The van der Waals surface area contributed by atoms with Crippen LogP contribution < -0.4 is 5.32 Å². The van der Waals surface area contributed by atoms with Crippen molar-refractivity contribution in [2.75, 3.05) is 13.2 Å². The first-order valence-corrected chi connectivity index (χ1v) is 4.92. The second-order valence-electron chi connectivity index (χ2n) is 3.75. The van der Waals surface area contributed by atoms with Gasteiger partial charge in [0.25, 0.3) is 0 Å². The lowest BCUT2D eigenvalue weighted by Gasteiger charge is -2.20. The van der Waals surface area contributed by atoms with Gasteiger partial charge in [-0.25, -0.2) is 0 Å². The lowest BCUT2D eigenvalue weighted by atomic mass is 10.0. The van der Waals surface area contributed by atoms with Crippen LogP contribution in [0.25, 0.3) is 0 Å². The van der Waals surface area contributed by atoms with Crippen molar-refractivity contribution in [2.24, 2.45) is 0 Å². The Morgan fingerprint density at radius 3 is 2.92 bits per heavy atom. The molecular formula is C10H19NO2. The van der Waals surface area contributed by atoms with Crippen molar-refractivity contribution in [2.45, 2.75) is 38.8 Å². The van der Waals surface area contributed by atoms with Gasteiger partial charge in [-0.3, -0.25) is 0 Å². The Hall–Kier alpha value is -0.540. The summed E-state index contributed by atoms with van der Waals surface area (Å²) in [6, 6.07) is 0.416. The average Bonchev–Trinajstić information content (AvgIpc) is 2.15. The van der Waals surface area contributed by atoms with Crippen LogP contribution in [0.2, 0.25) is 0 Å². The van der Waals surface area contributed by atoms with Crippen LogP contribution in [0.4, 0.5) is 0 Å². The molecule has 0 aromatic carbocycles. The number of rotatable bonds is 4. The standard InChI is InChI=1S/C10H19NO2/c1-8(2)11-6-10(12)9-4-3-5-13-7-9/h7-8,10-12H,3-6H2,1-2H3. The summed E-state index contributed by atoms with van der Waals surface area (Å²) in [5, 5.41) is 12.9. The molecule has 1 aliphatic heterocycles. The zero-order valence-electron chi connectivity index (χ0n) is 8.42. The summed E-state index contributed by atoms with van der Waals surface area (Å²) in [6.07, 6.45) is 3.30. The first-order chi connectivity index (χ1) is 6.20. The molecule has 3 heteroatoms. The van der Waals surface area contributed by atoms with Crippen LogP contribution in [0.15, 0.2) is 11.8 Å². The van der Waals surface area contributed by atoms with Gasteiger partial charge in [0.2, 0.25) is 0 Å². The van der Waals surface area contributed by atoms with Gasteiger partial charge in [0.15, 0.2) is 0 Å². The van der Waals surface area contributed by atoms with Gasteiger partial charge in [0, 0.05) is 12.6 Å². The zero-order chi connectivity index (χ0) is 9.68. The van der Waals surface area contributed by atoms with Gasteiger partial charge in [0.1, 0.15) is 0 Å². The fraction of sp³-hybridized carbons (Fsp3) is 0.800. The van der Waals surface area contributed by atoms with Gasteiger partial charge in [-0.05, 0) is 18.4 Å². The van der Waals surface area contributed by atoms with Crippen molar-refractivity contribution < 1.29 is 9.84 Å². The van der Waals surface area contributed by atoms with Crippen LogP contribution in [0.3, 0.4) is 0 Å². The van der Waals surface area contributed by atoms with Crippen LogP contribution in [0.5, 0.6) is 0 Å². The monoisotopic (exact) mass is 185 g/mol. The smallest absolute Gasteiger partial charge is 0.0906 e. The predicted octanol–water partition coefficient (Wildman–Crippen LogP) is 1.04. The highest BCUT2D eigenvalue weighted by Crippen LogP contribution is 2.15. The average molecular weight is 185 g/mol. The van der Waals surface area contributed by atoms with E-state index in [-0.39, 0.29) is 6.10 Å². The van der Waals surface area contributed by atoms with E-state index in [1.807, 2.05) is 0 Å².